The number of ether oxygens (including phenoxy) is 1. The van der Waals surface area contributed by atoms with Gasteiger partial charge in [0.15, 0.2) is 0 Å². The summed E-state index contributed by atoms with van der Waals surface area (Å²) in [6.45, 7) is 0.160. The van der Waals surface area contributed by atoms with Gasteiger partial charge in [0.05, 0.1) is 0 Å². The highest BCUT2D eigenvalue weighted by Crippen LogP contribution is 2.07. The summed E-state index contributed by atoms with van der Waals surface area (Å²) >= 11 is 0. The molecule has 1 aromatic rings. The Hall–Kier alpha value is -1.36. The van der Waals surface area contributed by atoms with Gasteiger partial charge in [0, 0.05) is 6.08 Å². The molecular formula is C10H12O4. The molecule has 3 N–H and O–H groups in total. The molecule has 0 bridgehead atoms. The molecule has 0 fully saturated rings. The van der Waals surface area contributed by atoms with Crippen LogP contribution in [0.3, 0.4) is 0 Å². The molecule has 76 valence electrons. The van der Waals surface area contributed by atoms with Crippen molar-refractivity contribution in [2.24, 2.45) is 0 Å². The van der Waals surface area contributed by atoms with E-state index in [1.165, 1.54) is 6.08 Å². The van der Waals surface area contributed by atoms with Crippen LogP contribution < -0.4 is 4.74 Å². The molecule has 14 heavy (non-hydrogen) atoms. The number of aliphatic hydroxyl groups is 3. The fourth-order valence-corrected chi connectivity index (χ4v) is 0.867. The zero-order valence-electron chi connectivity index (χ0n) is 7.50. The van der Waals surface area contributed by atoms with Gasteiger partial charge in [-0.1, -0.05) is 18.2 Å². The van der Waals surface area contributed by atoms with Crippen molar-refractivity contribution in [1.29, 1.82) is 0 Å². The second-order valence-electron chi connectivity index (χ2n) is 2.71. The third-order valence-electron chi connectivity index (χ3n) is 1.43. The summed E-state index contributed by atoms with van der Waals surface area (Å²) in [7, 11) is 0. The Bertz CT molecular complexity index is 287. The molecule has 0 unspecified atom stereocenters. The average molecular weight is 196 g/mol. The van der Waals surface area contributed by atoms with Gasteiger partial charge in [0.2, 0.25) is 0 Å². The van der Waals surface area contributed by atoms with E-state index in [1.807, 2.05) is 18.2 Å². The van der Waals surface area contributed by atoms with E-state index in [2.05, 4.69) is 0 Å². The standard InChI is InChI=1S/C10H12O4/c11-10(12,13)7-4-8-14-9-5-2-1-3-6-9/h1-7,11-13H,8H2. The summed E-state index contributed by atoms with van der Waals surface area (Å²) in [6, 6.07) is 9.07. The van der Waals surface area contributed by atoms with Crippen molar-refractivity contribution in [1.82, 2.24) is 0 Å². The van der Waals surface area contributed by atoms with E-state index in [0.29, 0.717) is 5.75 Å². The molecule has 1 rings (SSSR count). The van der Waals surface area contributed by atoms with Crippen LogP contribution in [0.15, 0.2) is 42.5 Å². The summed E-state index contributed by atoms with van der Waals surface area (Å²) in [6.07, 6.45) is 2.14. The molecule has 0 saturated carbocycles. The quantitative estimate of drug-likeness (QED) is 0.477. The largest absolute Gasteiger partial charge is 0.490 e. The van der Waals surface area contributed by atoms with Crippen molar-refractivity contribution in [2.45, 2.75) is 5.97 Å². The molecule has 0 aliphatic carbocycles. The van der Waals surface area contributed by atoms with Crippen LogP contribution in [0.2, 0.25) is 0 Å². The first-order valence-corrected chi connectivity index (χ1v) is 4.10. The summed E-state index contributed by atoms with van der Waals surface area (Å²) in [5.41, 5.74) is 0. The maximum atomic E-state index is 8.48. The number of hydrogen-bond donors (Lipinski definition) is 3. The minimum atomic E-state index is -2.76. The topological polar surface area (TPSA) is 69.9 Å². The van der Waals surface area contributed by atoms with Crippen molar-refractivity contribution in [3.8, 4) is 5.75 Å². The van der Waals surface area contributed by atoms with Gasteiger partial charge >= 0.3 is 0 Å². The van der Waals surface area contributed by atoms with Crippen LogP contribution in [0.5, 0.6) is 5.75 Å². The number of rotatable bonds is 4. The normalized spacial score (nSPS) is 11.9. The predicted octanol–water partition coefficient (Wildman–Crippen LogP) is 0.252. The van der Waals surface area contributed by atoms with Gasteiger partial charge in [-0.25, -0.2) is 0 Å². The van der Waals surface area contributed by atoms with Gasteiger partial charge in [-0.2, -0.15) is 0 Å². The highest BCUT2D eigenvalue weighted by atomic mass is 16.7. The van der Waals surface area contributed by atoms with E-state index < -0.39 is 5.97 Å². The lowest BCUT2D eigenvalue weighted by molar-refractivity contribution is -0.273. The van der Waals surface area contributed by atoms with Crippen LogP contribution in [0, 0.1) is 0 Å². The molecule has 4 nitrogen and oxygen atoms in total. The van der Waals surface area contributed by atoms with Crippen molar-refractivity contribution >= 4 is 0 Å². The Balaban J connectivity index is 2.33. The van der Waals surface area contributed by atoms with Gasteiger partial charge in [-0.05, 0) is 18.2 Å². The first-order valence-electron chi connectivity index (χ1n) is 4.10. The molecular weight excluding hydrogens is 184 g/mol. The fraction of sp³-hybridized carbons (Fsp3) is 0.200. The molecule has 0 spiro atoms. The van der Waals surface area contributed by atoms with E-state index in [-0.39, 0.29) is 6.61 Å². The van der Waals surface area contributed by atoms with Gasteiger partial charge in [-0.3, -0.25) is 0 Å². The third-order valence-corrected chi connectivity index (χ3v) is 1.43. The Morgan fingerprint density at radius 1 is 1.14 bits per heavy atom. The lowest BCUT2D eigenvalue weighted by atomic mass is 10.3. The second-order valence-corrected chi connectivity index (χ2v) is 2.71. The van der Waals surface area contributed by atoms with Gasteiger partial charge in [-0.15, -0.1) is 0 Å². The van der Waals surface area contributed by atoms with E-state index in [1.54, 1.807) is 12.1 Å². The fourth-order valence-electron chi connectivity index (χ4n) is 0.867. The zero-order chi connectivity index (χ0) is 10.4. The molecule has 0 saturated heterocycles. The number of para-hydroxylation sites is 1. The van der Waals surface area contributed by atoms with Crippen molar-refractivity contribution in [2.75, 3.05) is 6.61 Å². The Kier molecular flexibility index (Phi) is 3.64. The molecule has 0 aliphatic rings. The highest BCUT2D eigenvalue weighted by Gasteiger charge is 2.10. The van der Waals surface area contributed by atoms with Crippen LogP contribution in [-0.4, -0.2) is 27.9 Å². The maximum absolute atomic E-state index is 8.48. The van der Waals surface area contributed by atoms with Crippen LogP contribution in [-0.2, 0) is 0 Å². The van der Waals surface area contributed by atoms with Crippen LogP contribution >= 0.6 is 0 Å². The lowest BCUT2D eigenvalue weighted by Crippen LogP contribution is -2.23. The Morgan fingerprint density at radius 2 is 1.79 bits per heavy atom. The summed E-state index contributed by atoms with van der Waals surface area (Å²) in [4.78, 5) is 0. The van der Waals surface area contributed by atoms with Crippen molar-refractivity contribution in [3.63, 3.8) is 0 Å². The molecule has 0 heterocycles. The van der Waals surface area contributed by atoms with Crippen LogP contribution in [0.1, 0.15) is 0 Å². The minimum Gasteiger partial charge on any atom is -0.490 e. The predicted molar refractivity (Wildman–Crippen MR) is 50.5 cm³/mol. The monoisotopic (exact) mass is 196 g/mol. The van der Waals surface area contributed by atoms with E-state index in [9.17, 15) is 0 Å². The van der Waals surface area contributed by atoms with E-state index in [4.69, 9.17) is 20.1 Å². The zero-order valence-corrected chi connectivity index (χ0v) is 7.50. The average Bonchev–Trinajstić information content (AvgIpc) is 2.13. The number of benzene rings is 1. The maximum Gasteiger partial charge on any atom is 0.297 e. The molecule has 4 heteroatoms. The first kappa shape index (κ1) is 10.7. The van der Waals surface area contributed by atoms with Crippen LogP contribution in [0.25, 0.3) is 0 Å². The van der Waals surface area contributed by atoms with Crippen molar-refractivity contribution in [3.05, 3.63) is 42.5 Å². The molecule has 1 aromatic carbocycles. The van der Waals surface area contributed by atoms with Gasteiger partial charge in [0.1, 0.15) is 12.4 Å². The molecule has 0 aromatic heterocycles. The SMILES string of the molecule is OC(O)(O)C=CCOc1ccccc1. The molecule has 0 atom stereocenters. The second kappa shape index (κ2) is 4.76. The van der Waals surface area contributed by atoms with Gasteiger partial charge < -0.3 is 20.1 Å². The van der Waals surface area contributed by atoms with Crippen LogP contribution in [0.4, 0.5) is 0 Å². The van der Waals surface area contributed by atoms with Gasteiger partial charge in [0.25, 0.3) is 5.97 Å². The molecule has 0 amide bonds. The Morgan fingerprint density at radius 3 is 2.36 bits per heavy atom. The van der Waals surface area contributed by atoms with E-state index in [0.717, 1.165) is 6.08 Å². The summed E-state index contributed by atoms with van der Waals surface area (Å²) in [5.74, 6) is -2.09. The lowest BCUT2D eigenvalue weighted by Gasteiger charge is -2.07. The summed E-state index contributed by atoms with van der Waals surface area (Å²) in [5, 5.41) is 25.5. The number of hydrogen-bond acceptors (Lipinski definition) is 4. The minimum absolute atomic E-state index is 0.160. The van der Waals surface area contributed by atoms with Crippen molar-refractivity contribution < 1.29 is 20.1 Å². The first-order chi connectivity index (χ1) is 6.58. The molecule has 0 aliphatic heterocycles. The van der Waals surface area contributed by atoms with E-state index >= 15 is 0 Å². The summed E-state index contributed by atoms with van der Waals surface area (Å²) < 4.78 is 5.18. The third kappa shape index (κ3) is 4.61. The molecule has 0 radical (unpaired) electrons. The smallest absolute Gasteiger partial charge is 0.297 e. The highest BCUT2D eigenvalue weighted by molar-refractivity contribution is 5.21. The Labute approximate surface area is 81.7 Å².